The number of unbranched alkanes of at least 4 members (excludes halogenated alkanes) is 6. The Morgan fingerprint density at radius 2 is 1.43 bits per heavy atom. The number of benzene rings is 1. The molecule has 0 aromatic heterocycles. The van der Waals surface area contributed by atoms with E-state index in [1.165, 1.54) is 25.7 Å². The number of nitrogens with one attached hydrogen (secondary N) is 2. The molecule has 2 rings (SSSR count). The Morgan fingerprint density at radius 3 is 1.91 bits per heavy atom. The third-order valence-electron chi connectivity index (χ3n) is 4.16. The minimum atomic E-state index is -4.51. The maximum absolute atomic E-state index is 11.7. The number of fused-ring (bicyclic) bond motifs is 1. The topological polar surface area (TPSA) is 81.3 Å². The number of anilines is 2. The second kappa shape index (κ2) is 9.75. The van der Waals surface area contributed by atoms with Crippen molar-refractivity contribution in [2.45, 2.75) is 63.3 Å². The average Bonchev–Trinajstić information content (AvgIpc) is 2.86. The normalized spacial score (nSPS) is 15.2. The molecule has 0 aliphatic carbocycles. The van der Waals surface area contributed by atoms with Crippen LogP contribution in [0.1, 0.15) is 58.3 Å². The summed E-state index contributed by atoms with van der Waals surface area (Å²) >= 11 is 0. The molecule has 0 saturated carbocycles. The molecule has 2 N–H and O–H groups in total. The van der Waals surface area contributed by atoms with Crippen LogP contribution >= 0.6 is 0 Å². The van der Waals surface area contributed by atoms with Crippen LogP contribution in [-0.4, -0.2) is 18.0 Å². The molecule has 0 amide bonds. The fourth-order valence-corrected chi connectivity index (χ4v) is 3.74. The Bertz CT molecular complexity index is 568. The third-order valence-corrected chi connectivity index (χ3v) is 5.42. The predicted octanol–water partition coefficient (Wildman–Crippen LogP) is 0.868. The van der Waals surface area contributed by atoms with E-state index in [2.05, 4.69) is 17.6 Å². The second-order valence-electron chi connectivity index (χ2n) is 5.95. The maximum atomic E-state index is 11.7. The zero-order valence-electron chi connectivity index (χ0n) is 14.1. The molecule has 1 aromatic carbocycles. The van der Waals surface area contributed by atoms with Crippen LogP contribution < -0.4 is 62.0 Å². The van der Waals surface area contributed by atoms with E-state index in [1.54, 1.807) is 12.1 Å². The molecule has 7 heteroatoms. The molecule has 1 aliphatic heterocycles. The van der Waals surface area contributed by atoms with Crippen LogP contribution in [0.15, 0.2) is 24.3 Å². The molecule has 124 valence electrons. The summed E-state index contributed by atoms with van der Waals surface area (Å²) in [5, 5.41) is 5.78. The third kappa shape index (κ3) is 5.69. The van der Waals surface area contributed by atoms with Gasteiger partial charge in [-0.25, -0.2) is 8.42 Å². The van der Waals surface area contributed by atoms with Gasteiger partial charge < -0.3 is 15.2 Å². The fourth-order valence-electron chi connectivity index (χ4n) is 2.87. The predicted molar refractivity (Wildman–Crippen MR) is 88.7 cm³/mol. The molecule has 0 saturated heterocycles. The van der Waals surface area contributed by atoms with Crippen LogP contribution in [0.2, 0.25) is 0 Å². The van der Waals surface area contributed by atoms with Crippen LogP contribution in [-0.2, 0) is 10.1 Å². The Hall–Kier alpha value is 0.366. The van der Waals surface area contributed by atoms with E-state index < -0.39 is 15.1 Å². The minimum absolute atomic E-state index is 0. The van der Waals surface area contributed by atoms with E-state index in [0.29, 0.717) is 17.8 Å². The molecule has 1 heterocycles. The van der Waals surface area contributed by atoms with E-state index in [-0.39, 0.29) is 57.8 Å². The summed E-state index contributed by atoms with van der Waals surface area (Å²) in [6, 6.07) is 7.18. The number of hydrogen-bond donors (Lipinski definition) is 2. The number of para-hydroxylation sites is 2. The van der Waals surface area contributed by atoms with Crippen LogP contribution in [0.4, 0.5) is 11.4 Å². The minimum Gasteiger partial charge on any atom is -0.745 e. The van der Waals surface area contributed by atoms with Crippen molar-refractivity contribution in [2.24, 2.45) is 0 Å². The van der Waals surface area contributed by atoms with Gasteiger partial charge >= 0.3 is 51.4 Å². The molecule has 0 unspecified atom stereocenters. The van der Waals surface area contributed by atoms with E-state index in [9.17, 15) is 13.0 Å². The summed E-state index contributed by atoms with van der Waals surface area (Å²) in [6.07, 6.45) is 7.88. The van der Waals surface area contributed by atoms with Crippen LogP contribution in [0.5, 0.6) is 0 Å². The average molecular weight is 365 g/mol. The molecule has 0 radical (unpaired) electrons. The van der Waals surface area contributed by atoms with Crippen molar-refractivity contribution in [2.75, 3.05) is 10.6 Å². The Balaban J connectivity index is 0.00000264. The van der Waals surface area contributed by atoms with E-state index in [4.69, 9.17) is 0 Å². The van der Waals surface area contributed by atoms with Crippen LogP contribution in [0, 0.1) is 0 Å². The van der Waals surface area contributed by atoms with Crippen molar-refractivity contribution in [3.8, 4) is 0 Å². The Morgan fingerprint density at radius 1 is 0.957 bits per heavy atom. The van der Waals surface area contributed by atoms with Crippen molar-refractivity contribution in [3.05, 3.63) is 24.3 Å². The molecule has 0 atom stereocenters. The monoisotopic (exact) mass is 364 g/mol. The summed E-state index contributed by atoms with van der Waals surface area (Å²) < 4.78 is 35.2. The van der Waals surface area contributed by atoms with Gasteiger partial charge in [-0.1, -0.05) is 57.6 Å². The molecule has 0 fully saturated rings. The first kappa shape index (κ1) is 21.4. The van der Waals surface area contributed by atoms with Gasteiger partial charge in [0.1, 0.15) is 10.1 Å². The molecule has 23 heavy (non-hydrogen) atoms. The fraction of sp³-hybridized carbons (Fsp3) is 0.625. The van der Waals surface area contributed by atoms with Crippen molar-refractivity contribution in [1.29, 1.82) is 0 Å². The standard InChI is InChI=1S/C16H26N2O3S.K/c1-2-3-4-5-6-7-10-13-16(22(19,20)21)17-14-11-8-9-12-15(14)18-16;/h8-9,11-12,17-18H,2-7,10,13H2,1H3,(H,19,20,21);/q;+1/p-1. The summed E-state index contributed by atoms with van der Waals surface area (Å²) in [5.74, 6) is 0. The quantitative estimate of drug-likeness (QED) is 0.386. The molecule has 0 spiro atoms. The SMILES string of the molecule is CCCCCCCCCC1(S(=O)(=O)[O-])Nc2ccccc2N1.[K+]. The number of rotatable bonds is 9. The largest absolute Gasteiger partial charge is 1.00 e. The summed E-state index contributed by atoms with van der Waals surface area (Å²) in [7, 11) is -4.51. The van der Waals surface area contributed by atoms with Gasteiger partial charge in [0.05, 0.1) is 11.4 Å². The zero-order valence-corrected chi connectivity index (χ0v) is 18.0. The summed E-state index contributed by atoms with van der Waals surface area (Å²) in [4.78, 5) is -1.60. The summed E-state index contributed by atoms with van der Waals surface area (Å²) in [6.45, 7) is 2.18. The Labute approximate surface area is 182 Å². The molecule has 5 nitrogen and oxygen atoms in total. The molecular weight excluding hydrogens is 339 g/mol. The van der Waals surface area contributed by atoms with Crippen molar-refractivity contribution >= 4 is 21.5 Å². The van der Waals surface area contributed by atoms with Gasteiger partial charge in [0.15, 0.2) is 0 Å². The van der Waals surface area contributed by atoms with E-state index in [0.717, 1.165) is 12.8 Å². The van der Waals surface area contributed by atoms with E-state index in [1.807, 2.05) is 12.1 Å². The van der Waals surface area contributed by atoms with Gasteiger partial charge in [-0.05, 0) is 18.6 Å². The van der Waals surface area contributed by atoms with Gasteiger partial charge in [-0.3, -0.25) is 0 Å². The first-order chi connectivity index (χ1) is 10.5. The van der Waals surface area contributed by atoms with Crippen molar-refractivity contribution in [1.82, 2.24) is 0 Å². The van der Waals surface area contributed by atoms with Gasteiger partial charge in [-0.15, -0.1) is 0 Å². The zero-order chi connectivity index (χ0) is 16.1. The van der Waals surface area contributed by atoms with Gasteiger partial charge in [0, 0.05) is 6.42 Å². The van der Waals surface area contributed by atoms with Crippen LogP contribution in [0.3, 0.4) is 0 Å². The first-order valence-electron chi connectivity index (χ1n) is 8.09. The molecule has 0 bridgehead atoms. The smallest absolute Gasteiger partial charge is 0.745 e. The van der Waals surface area contributed by atoms with Crippen LogP contribution in [0.25, 0.3) is 0 Å². The second-order valence-corrected chi connectivity index (χ2v) is 7.55. The molecule has 1 aliphatic rings. The molecule has 1 aromatic rings. The van der Waals surface area contributed by atoms with Crippen molar-refractivity contribution < 1.29 is 64.4 Å². The van der Waals surface area contributed by atoms with Gasteiger partial charge in [0.25, 0.3) is 0 Å². The van der Waals surface area contributed by atoms with Gasteiger partial charge in [-0.2, -0.15) is 0 Å². The van der Waals surface area contributed by atoms with Crippen molar-refractivity contribution in [3.63, 3.8) is 0 Å². The number of hydrogen-bond acceptors (Lipinski definition) is 5. The first-order valence-corrected chi connectivity index (χ1v) is 9.50. The van der Waals surface area contributed by atoms with Gasteiger partial charge in [0.2, 0.25) is 4.99 Å². The maximum Gasteiger partial charge on any atom is 1.00 e. The Kier molecular flexibility index (Phi) is 9.07. The van der Waals surface area contributed by atoms with E-state index >= 15 is 0 Å². The summed E-state index contributed by atoms with van der Waals surface area (Å²) in [5.41, 5.74) is 1.34. The molecular formula is C16H25KN2O3S.